The fourth-order valence-corrected chi connectivity index (χ4v) is 2.20. The number of rotatable bonds is 5. The molecule has 0 fully saturated rings. The molecule has 1 aromatic carbocycles. The number of hydrogen-bond donors (Lipinski definition) is 1. The average molecular weight is 248 g/mol. The van der Waals surface area contributed by atoms with Gasteiger partial charge >= 0.3 is 0 Å². The lowest BCUT2D eigenvalue weighted by Gasteiger charge is -2.13. The molecule has 0 aliphatic carbocycles. The van der Waals surface area contributed by atoms with Gasteiger partial charge in [0.15, 0.2) is 0 Å². The van der Waals surface area contributed by atoms with Crippen LogP contribution < -0.4 is 10.1 Å². The Hall–Kier alpha value is -1.55. The molecule has 0 aliphatic rings. The molecule has 0 radical (unpaired) electrons. The molecule has 17 heavy (non-hydrogen) atoms. The molecule has 0 bridgehead atoms. The van der Waals surface area contributed by atoms with Gasteiger partial charge in [0.2, 0.25) is 0 Å². The molecule has 1 unspecified atom stereocenters. The Kier molecular flexibility index (Phi) is 3.98. The van der Waals surface area contributed by atoms with Crippen molar-refractivity contribution < 1.29 is 4.74 Å². The van der Waals surface area contributed by atoms with Gasteiger partial charge in [0.05, 0.1) is 18.2 Å². The van der Waals surface area contributed by atoms with Gasteiger partial charge in [-0.3, -0.25) is 4.98 Å². The van der Waals surface area contributed by atoms with E-state index in [1.807, 2.05) is 42.9 Å². The summed E-state index contributed by atoms with van der Waals surface area (Å²) in [4.78, 5) is 5.32. The highest BCUT2D eigenvalue weighted by Gasteiger charge is 2.06. The summed E-state index contributed by atoms with van der Waals surface area (Å²) in [7, 11) is 0. The van der Waals surface area contributed by atoms with Crippen LogP contribution in [0.4, 0.5) is 5.69 Å². The molecule has 2 aromatic rings. The third kappa shape index (κ3) is 3.20. The maximum absolute atomic E-state index is 5.40. The normalized spacial score (nSPS) is 12.1. The van der Waals surface area contributed by atoms with E-state index in [-0.39, 0.29) is 6.04 Å². The van der Waals surface area contributed by atoms with Gasteiger partial charge in [0.1, 0.15) is 5.75 Å². The molecule has 0 spiro atoms. The van der Waals surface area contributed by atoms with Gasteiger partial charge < -0.3 is 10.1 Å². The first-order chi connectivity index (χ1) is 8.29. The largest absolute Gasteiger partial charge is 0.494 e. The minimum Gasteiger partial charge on any atom is -0.494 e. The first-order valence-corrected chi connectivity index (χ1v) is 6.55. The topological polar surface area (TPSA) is 34.1 Å². The molecule has 0 amide bonds. The van der Waals surface area contributed by atoms with E-state index in [9.17, 15) is 0 Å². The van der Waals surface area contributed by atoms with Gasteiger partial charge in [0.25, 0.3) is 0 Å². The zero-order valence-corrected chi connectivity index (χ0v) is 10.8. The van der Waals surface area contributed by atoms with E-state index < -0.39 is 0 Å². The smallest absolute Gasteiger partial charge is 0.119 e. The second kappa shape index (κ2) is 5.68. The van der Waals surface area contributed by atoms with E-state index in [0.717, 1.165) is 11.4 Å². The SMILES string of the molecule is CCOc1ccc(NC(C)c2cncs2)cc1. The van der Waals surface area contributed by atoms with Crippen LogP contribution in [-0.2, 0) is 0 Å². The summed E-state index contributed by atoms with van der Waals surface area (Å²) in [6, 6.07) is 8.29. The maximum Gasteiger partial charge on any atom is 0.119 e. The van der Waals surface area contributed by atoms with E-state index in [2.05, 4.69) is 17.2 Å². The van der Waals surface area contributed by atoms with Crippen molar-refractivity contribution in [1.29, 1.82) is 0 Å². The molecule has 0 saturated heterocycles. The van der Waals surface area contributed by atoms with Crippen LogP contribution in [0.1, 0.15) is 24.8 Å². The van der Waals surface area contributed by atoms with Crippen molar-refractivity contribution >= 4 is 17.0 Å². The Labute approximate surface area is 105 Å². The number of nitrogens with one attached hydrogen (secondary N) is 1. The zero-order valence-electron chi connectivity index (χ0n) is 10.0. The van der Waals surface area contributed by atoms with E-state index in [1.54, 1.807) is 11.3 Å². The van der Waals surface area contributed by atoms with E-state index in [0.29, 0.717) is 6.61 Å². The van der Waals surface area contributed by atoms with Gasteiger partial charge in [-0.05, 0) is 38.1 Å². The van der Waals surface area contributed by atoms with Crippen molar-refractivity contribution in [2.24, 2.45) is 0 Å². The van der Waals surface area contributed by atoms with Crippen LogP contribution in [0.2, 0.25) is 0 Å². The first-order valence-electron chi connectivity index (χ1n) is 5.67. The van der Waals surface area contributed by atoms with Crippen molar-refractivity contribution in [3.63, 3.8) is 0 Å². The predicted molar refractivity (Wildman–Crippen MR) is 71.8 cm³/mol. The fourth-order valence-electron chi connectivity index (χ4n) is 1.57. The lowest BCUT2D eigenvalue weighted by atomic mass is 10.2. The summed E-state index contributed by atoms with van der Waals surface area (Å²) in [5.74, 6) is 0.906. The standard InChI is InChI=1S/C13H16N2OS/c1-3-16-12-6-4-11(5-7-12)15-10(2)13-8-14-9-17-13/h4-10,15H,3H2,1-2H3. The second-order valence-electron chi connectivity index (χ2n) is 3.73. The van der Waals surface area contributed by atoms with Crippen molar-refractivity contribution in [3.8, 4) is 5.75 Å². The summed E-state index contributed by atoms with van der Waals surface area (Å²) < 4.78 is 5.40. The highest BCUT2D eigenvalue weighted by molar-refractivity contribution is 7.09. The molecule has 1 aromatic heterocycles. The van der Waals surface area contributed by atoms with Crippen molar-refractivity contribution in [2.45, 2.75) is 19.9 Å². The number of hydrogen-bond acceptors (Lipinski definition) is 4. The molecule has 1 N–H and O–H groups in total. The summed E-state index contributed by atoms with van der Waals surface area (Å²) in [6.07, 6.45) is 1.90. The molecule has 90 valence electrons. The minimum absolute atomic E-state index is 0.278. The molecule has 4 heteroatoms. The van der Waals surface area contributed by atoms with Crippen molar-refractivity contribution in [2.75, 3.05) is 11.9 Å². The molecule has 3 nitrogen and oxygen atoms in total. The summed E-state index contributed by atoms with van der Waals surface area (Å²) >= 11 is 1.66. The highest BCUT2D eigenvalue weighted by atomic mass is 32.1. The lowest BCUT2D eigenvalue weighted by Crippen LogP contribution is -2.04. The molecule has 1 atom stereocenters. The van der Waals surface area contributed by atoms with Gasteiger partial charge in [0, 0.05) is 16.8 Å². The predicted octanol–water partition coefficient (Wildman–Crippen LogP) is 3.71. The molecule has 0 aliphatic heterocycles. The summed E-state index contributed by atoms with van der Waals surface area (Å²) in [5, 5.41) is 3.43. The molecule has 0 saturated carbocycles. The van der Waals surface area contributed by atoms with Gasteiger partial charge in [-0.1, -0.05) is 0 Å². The Morgan fingerprint density at radius 2 is 2.12 bits per heavy atom. The van der Waals surface area contributed by atoms with Gasteiger partial charge in [-0.15, -0.1) is 11.3 Å². The number of anilines is 1. The van der Waals surface area contributed by atoms with Crippen LogP contribution in [0.25, 0.3) is 0 Å². The highest BCUT2D eigenvalue weighted by Crippen LogP contribution is 2.23. The third-order valence-electron chi connectivity index (χ3n) is 2.43. The second-order valence-corrected chi connectivity index (χ2v) is 4.65. The molecular weight excluding hydrogens is 232 g/mol. The van der Waals surface area contributed by atoms with E-state index >= 15 is 0 Å². The Bertz CT molecular complexity index is 439. The Balaban J connectivity index is 1.99. The number of thiazole rings is 1. The minimum atomic E-state index is 0.278. The van der Waals surface area contributed by atoms with Crippen LogP contribution >= 0.6 is 11.3 Å². The molecular formula is C13H16N2OS. The van der Waals surface area contributed by atoms with Crippen molar-refractivity contribution in [3.05, 3.63) is 40.8 Å². The van der Waals surface area contributed by atoms with Crippen LogP contribution in [0, 0.1) is 0 Å². The molecule has 1 heterocycles. The van der Waals surface area contributed by atoms with Crippen LogP contribution in [-0.4, -0.2) is 11.6 Å². The summed E-state index contributed by atoms with van der Waals surface area (Å²) in [5.41, 5.74) is 2.94. The van der Waals surface area contributed by atoms with Gasteiger partial charge in [-0.2, -0.15) is 0 Å². The third-order valence-corrected chi connectivity index (χ3v) is 3.38. The van der Waals surface area contributed by atoms with Gasteiger partial charge in [-0.25, -0.2) is 0 Å². The van der Waals surface area contributed by atoms with Crippen LogP contribution in [0.5, 0.6) is 5.75 Å². The van der Waals surface area contributed by atoms with Crippen molar-refractivity contribution in [1.82, 2.24) is 4.98 Å². The summed E-state index contributed by atoms with van der Waals surface area (Å²) in [6.45, 7) is 4.81. The van der Waals surface area contributed by atoms with E-state index in [1.165, 1.54) is 4.88 Å². The zero-order chi connectivity index (χ0) is 12.1. The number of ether oxygens (including phenoxy) is 1. The Morgan fingerprint density at radius 3 is 2.71 bits per heavy atom. The number of benzene rings is 1. The maximum atomic E-state index is 5.40. The molecule has 2 rings (SSSR count). The first kappa shape index (κ1) is 11.9. The van der Waals surface area contributed by atoms with Crippen LogP contribution in [0.15, 0.2) is 36.0 Å². The number of aromatic nitrogens is 1. The quantitative estimate of drug-likeness (QED) is 0.875. The van der Waals surface area contributed by atoms with E-state index in [4.69, 9.17) is 4.74 Å². The van der Waals surface area contributed by atoms with Crippen LogP contribution in [0.3, 0.4) is 0 Å². The fraction of sp³-hybridized carbons (Fsp3) is 0.308. The lowest BCUT2D eigenvalue weighted by molar-refractivity contribution is 0.340. The number of nitrogens with zero attached hydrogens (tertiary/aromatic N) is 1. The monoisotopic (exact) mass is 248 g/mol. The Morgan fingerprint density at radius 1 is 1.35 bits per heavy atom. The average Bonchev–Trinajstić information content (AvgIpc) is 2.86.